The van der Waals surface area contributed by atoms with E-state index < -0.39 is 20.7 Å². The Morgan fingerprint density at radius 3 is 2.55 bits per heavy atom. The molecule has 0 radical (unpaired) electrons. The van der Waals surface area contributed by atoms with E-state index in [1.807, 2.05) is 0 Å². The van der Waals surface area contributed by atoms with Gasteiger partial charge in [0.2, 0.25) is 0 Å². The predicted molar refractivity (Wildman–Crippen MR) is 84.2 cm³/mol. The number of nitrogens with zero attached hydrogens (tertiary/aromatic N) is 2. The highest BCUT2D eigenvalue weighted by atomic mass is 32.2. The first-order valence-electron chi connectivity index (χ1n) is 6.61. The molecule has 112 valence electrons. The number of benzene rings is 2. The van der Waals surface area contributed by atoms with Gasteiger partial charge in [0.1, 0.15) is 0 Å². The molecule has 0 heterocycles. The minimum atomic E-state index is -4.19. The number of rotatable bonds is 5. The second kappa shape index (κ2) is 6.47. The van der Waals surface area contributed by atoms with Gasteiger partial charge in [-0.2, -0.15) is 0 Å². The molecule has 0 fully saturated rings. The Labute approximate surface area is 128 Å². The van der Waals surface area contributed by atoms with Crippen molar-refractivity contribution in [2.24, 2.45) is 0 Å². The van der Waals surface area contributed by atoms with Gasteiger partial charge >= 0.3 is 5.04 Å². The van der Waals surface area contributed by atoms with Crippen LogP contribution in [0, 0.1) is 0 Å². The maximum Gasteiger partial charge on any atom is 0.451 e. The van der Waals surface area contributed by atoms with Crippen LogP contribution in [-0.2, 0) is 14.6 Å². The molecule has 0 aliphatic heterocycles. The summed E-state index contributed by atoms with van der Waals surface area (Å²) >= 11 is 0. The Bertz CT molecular complexity index is 889. The summed E-state index contributed by atoms with van der Waals surface area (Å²) in [4.78, 5) is 14.7. The van der Waals surface area contributed by atoms with Gasteiger partial charge in [-0.05, 0) is 17.9 Å². The van der Waals surface area contributed by atoms with Gasteiger partial charge in [0.15, 0.2) is 0 Å². The zero-order valence-corrected chi connectivity index (χ0v) is 12.6. The van der Waals surface area contributed by atoms with Crippen molar-refractivity contribution in [3.63, 3.8) is 0 Å². The van der Waals surface area contributed by atoms with Crippen molar-refractivity contribution < 1.29 is 18.0 Å². The molecule has 0 atom stereocenters. The van der Waals surface area contributed by atoms with Crippen molar-refractivity contribution in [3.8, 4) is 0 Å². The number of hydrogen-bond donors (Lipinski definition) is 0. The zero-order chi connectivity index (χ0) is 16.2. The fraction of sp³-hybridized carbons (Fsp3) is 0.125. The van der Waals surface area contributed by atoms with Gasteiger partial charge < -0.3 is 5.53 Å². The molecule has 0 aliphatic rings. The van der Waals surface area contributed by atoms with E-state index in [0.717, 1.165) is 5.39 Å². The van der Waals surface area contributed by atoms with E-state index in [1.54, 1.807) is 36.4 Å². The van der Waals surface area contributed by atoms with Crippen molar-refractivity contribution >= 4 is 31.4 Å². The van der Waals surface area contributed by atoms with Crippen LogP contribution in [0.15, 0.2) is 60.0 Å². The molecule has 0 spiro atoms. The number of ketones is 1. The molecule has 2 aromatic carbocycles. The first kappa shape index (κ1) is 15.8. The lowest BCUT2D eigenvalue weighted by Gasteiger charge is -2.04. The first-order chi connectivity index (χ1) is 10.5. The number of fused-ring (bicyclic) bond motifs is 1. The van der Waals surface area contributed by atoms with E-state index in [0.29, 0.717) is 11.8 Å². The third-order valence-corrected chi connectivity index (χ3v) is 4.95. The van der Waals surface area contributed by atoms with Crippen LogP contribution in [0.3, 0.4) is 0 Å². The monoisotopic (exact) mass is 314 g/mol. The summed E-state index contributed by atoms with van der Waals surface area (Å²) < 4.78 is 25.3. The second-order valence-corrected chi connectivity index (χ2v) is 6.47. The quantitative estimate of drug-likeness (QED) is 0.279. The van der Waals surface area contributed by atoms with Crippen LogP contribution in [0.1, 0.15) is 12.8 Å². The Balaban J connectivity index is 2.59. The lowest BCUT2D eigenvalue weighted by Crippen LogP contribution is -2.25. The molecule has 0 saturated carbocycles. The van der Waals surface area contributed by atoms with Gasteiger partial charge in [0, 0.05) is 11.8 Å². The highest BCUT2D eigenvalue weighted by Crippen LogP contribution is 2.24. The van der Waals surface area contributed by atoms with E-state index in [2.05, 4.69) is 11.4 Å². The highest BCUT2D eigenvalue weighted by molar-refractivity contribution is 8.08. The van der Waals surface area contributed by atoms with Gasteiger partial charge in [0.25, 0.3) is 15.6 Å². The van der Waals surface area contributed by atoms with E-state index in [9.17, 15) is 13.2 Å². The molecule has 22 heavy (non-hydrogen) atoms. The second-order valence-electron chi connectivity index (χ2n) is 4.64. The summed E-state index contributed by atoms with van der Waals surface area (Å²) in [5, 5.41) is 0.354. The summed E-state index contributed by atoms with van der Waals surface area (Å²) in [5.74, 6) is -0.740. The van der Waals surface area contributed by atoms with E-state index in [4.69, 9.17) is 5.53 Å². The molecule has 0 aliphatic carbocycles. The van der Waals surface area contributed by atoms with Crippen molar-refractivity contribution in [2.45, 2.75) is 17.7 Å². The molecular formula is C16H14N2O3S. The van der Waals surface area contributed by atoms with Crippen LogP contribution in [0.25, 0.3) is 16.3 Å². The Morgan fingerprint density at radius 1 is 1.18 bits per heavy atom. The Kier molecular flexibility index (Phi) is 4.65. The SMILES string of the molecule is C=CCCC(=O)C(=[N+]=[N-])S(=O)(=O)c1cccc2ccccc12. The highest BCUT2D eigenvalue weighted by Gasteiger charge is 2.37. The topological polar surface area (TPSA) is 87.6 Å². The summed E-state index contributed by atoms with van der Waals surface area (Å²) in [6.45, 7) is 3.48. The standard InChI is InChI=1S/C16H14N2O3S/c1-2-3-10-14(19)16(18-17)22(20,21)15-11-6-8-12-7-4-5-9-13(12)15/h2,4-9,11H,1,3,10H2. The number of hydrogen-bond acceptors (Lipinski definition) is 3. The summed E-state index contributed by atoms with van der Waals surface area (Å²) in [6, 6.07) is 11.6. The largest absolute Gasteiger partial charge is 0.451 e. The van der Waals surface area contributed by atoms with Crippen molar-refractivity contribution in [2.75, 3.05) is 0 Å². The van der Waals surface area contributed by atoms with Gasteiger partial charge in [0.05, 0.1) is 4.90 Å². The number of carbonyl (C=O) groups is 1. The van der Waals surface area contributed by atoms with Crippen LogP contribution >= 0.6 is 0 Å². The van der Waals surface area contributed by atoms with Crippen LogP contribution in [-0.4, -0.2) is 24.0 Å². The molecule has 5 nitrogen and oxygen atoms in total. The van der Waals surface area contributed by atoms with Gasteiger partial charge in [-0.25, -0.2) is 8.42 Å². The van der Waals surface area contributed by atoms with Crippen molar-refractivity contribution in [1.82, 2.24) is 0 Å². The minimum Gasteiger partial charge on any atom is -0.360 e. The fourth-order valence-corrected chi connectivity index (χ4v) is 3.58. The summed E-state index contributed by atoms with van der Waals surface area (Å²) in [5.41, 5.74) is 9.03. The third kappa shape index (κ3) is 2.88. The van der Waals surface area contributed by atoms with E-state index >= 15 is 0 Å². The van der Waals surface area contributed by atoms with Crippen LogP contribution in [0.5, 0.6) is 0 Å². The molecule has 0 aromatic heterocycles. The lowest BCUT2D eigenvalue weighted by atomic mass is 10.1. The average Bonchev–Trinajstić information content (AvgIpc) is 2.52. The summed E-state index contributed by atoms with van der Waals surface area (Å²) in [6.07, 6.45) is 1.73. The molecular weight excluding hydrogens is 300 g/mol. The average molecular weight is 314 g/mol. The number of sulfone groups is 1. The summed E-state index contributed by atoms with van der Waals surface area (Å²) in [7, 11) is -4.19. The molecule has 6 heteroatoms. The van der Waals surface area contributed by atoms with Crippen molar-refractivity contribution in [1.29, 1.82) is 0 Å². The Morgan fingerprint density at radius 2 is 1.86 bits per heavy atom. The molecule has 2 aromatic rings. The smallest absolute Gasteiger partial charge is 0.360 e. The Hall–Kier alpha value is -2.56. The molecule has 0 amide bonds. The van der Waals surface area contributed by atoms with Crippen molar-refractivity contribution in [3.05, 3.63) is 60.7 Å². The van der Waals surface area contributed by atoms with Gasteiger partial charge in [-0.3, -0.25) is 4.79 Å². The lowest BCUT2D eigenvalue weighted by molar-refractivity contribution is -0.116. The van der Waals surface area contributed by atoms with Gasteiger partial charge in [-0.15, -0.1) is 11.4 Å². The first-order valence-corrected chi connectivity index (χ1v) is 8.09. The third-order valence-electron chi connectivity index (χ3n) is 3.20. The fourth-order valence-electron chi connectivity index (χ4n) is 2.13. The minimum absolute atomic E-state index is 0.0506. The van der Waals surface area contributed by atoms with Crippen LogP contribution in [0.4, 0.5) is 0 Å². The normalized spacial score (nSPS) is 10.9. The van der Waals surface area contributed by atoms with Crippen LogP contribution < -0.4 is 0 Å². The predicted octanol–water partition coefficient (Wildman–Crippen LogP) is 2.78. The number of carbonyl (C=O) groups excluding carboxylic acids is 1. The van der Waals surface area contributed by atoms with Crippen LogP contribution in [0.2, 0.25) is 0 Å². The number of allylic oxidation sites excluding steroid dienone is 1. The molecule has 2 rings (SSSR count). The zero-order valence-electron chi connectivity index (χ0n) is 11.8. The maximum absolute atomic E-state index is 12.6. The molecule has 0 saturated heterocycles. The van der Waals surface area contributed by atoms with Gasteiger partial charge in [-0.1, -0.05) is 42.5 Å². The molecule has 0 N–H and O–H groups in total. The van der Waals surface area contributed by atoms with E-state index in [-0.39, 0.29) is 11.3 Å². The van der Waals surface area contributed by atoms with E-state index in [1.165, 1.54) is 12.1 Å². The molecule has 0 unspecified atom stereocenters. The molecule has 0 bridgehead atoms. The maximum atomic E-state index is 12.6. The number of Topliss-reactive ketones (excluding diaryl/α,β-unsaturated/α-hetero) is 1.